The number of ether oxygens (including phenoxy) is 1. The Morgan fingerprint density at radius 1 is 1.31 bits per heavy atom. The Morgan fingerprint density at radius 3 is 2.52 bits per heavy atom. The molecule has 8 nitrogen and oxygen atoms in total. The van der Waals surface area contributed by atoms with Gasteiger partial charge in [0.25, 0.3) is 5.56 Å². The fourth-order valence-corrected chi connectivity index (χ4v) is 4.85. The van der Waals surface area contributed by atoms with Crippen molar-refractivity contribution in [3.63, 3.8) is 0 Å². The normalized spacial score (nSPS) is 22.2. The van der Waals surface area contributed by atoms with Gasteiger partial charge in [-0.1, -0.05) is 0 Å². The molecule has 3 fully saturated rings. The minimum Gasteiger partial charge on any atom is -0.492 e. The van der Waals surface area contributed by atoms with Crippen LogP contribution in [0.4, 0.5) is 10.1 Å². The maximum Gasteiger partial charge on any atom is 0.350 e. The van der Waals surface area contributed by atoms with Gasteiger partial charge < -0.3 is 21.2 Å². The molecule has 4 N–H and O–H groups in total. The van der Waals surface area contributed by atoms with E-state index in [4.69, 9.17) is 16.3 Å². The molecule has 2 aromatic rings. The molecular weight excluding hydrogens is 401 g/mol. The van der Waals surface area contributed by atoms with Crippen molar-refractivity contribution in [2.75, 3.05) is 37.5 Å². The third-order valence-electron chi connectivity index (χ3n) is 6.71. The summed E-state index contributed by atoms with van der Waals surface area (Å²) >= 11 is 0. The molecule has 10 heteroatoms. The summed E-state index contributed by atoms with van der Waals surface area (Å²) in [6.07, 6.45) is 3.80. The maximum atomic E-state index is 15.3. The van der Waals surface area contributed by atoms with E-state index in [2.05, 4.69) is 0 Å². The van der Waals surface area contributed by atoms with Crippen molar-refractivity contribution in [1.82, 2.24) is 9.24 Å². The predicted molar refractivity (Wildman–Crippen MR) is 111 cm³/mol. The fourth-order valence-electron chi connectivity index (χ4n) is 4.85. The van der Waals surface area contributed by atoms with Crippen LogP contribution < -0.4 is 32.5 Å². The lowest BCUT2D eigenvalue weighted by Crippen LogP contribution is -2.44. The van der Waals surface area contributed by atoms with Gasteiger partial charge in [0.1, 0.15) is 11.2 Å². The highest BCUT2D eigenvalue weighted by molar-refractivity contribution is 5.91. The standard InChI is InChI=1S/C19H24FN5O3.ClH/c1-28-16-14-12(17(26)25(22)18(27)24(14)11-2-3-11)6-13(20)15(16)23-8-10(7-21)19(9-23)4-5-19;/h6,10-11H,2-5,7-9,21-22H2,1H3;1H. The Bertz CT molecular complexity index is 1110. The SMILES string of the molecule is COc1c(N2CC(CN)C3(CC3)C2)c(F)cc2c(=O)n(N)c(=O)n(C3CC3)c12.Cl. The van der Waals surface area contributed by atoms with E-state index in [-0.39, 0.29) is 35.0 Å². The van der Waals surface area contributed by atoms with E-state index >= 15 is 4.39 Å². The molecule has 5 rings (SSSR count). The minimum absolute atomic E-state index is 0. The molecule has 2 aliphatic carbocycles. The van der Waals surface area contributed by atoms with Crippen LogP contribution in [0.15, 0.2) is 15.7 Å². The molecule has 0 radical (unpaired) electrons. The van der Waals surface area contributed by atoms with Crippen LogP contribution in [0.25, 0.3) is 10.9 Å². The number of methoxy groups -OCH3 is 1. The largest absolute Gasteiger partial charge is 0.492 e. The van der Waals surface area contributed by atoms with Gasteiger partial charge in [0.05, 0.1) is 12.5 Å². The fraction of sp³-hybridized carbons (Fsp3) is 0.579. The first-order valence-corrected chi connectivity index (χ1v) is 9.69. The molecular formula is C19H25ClFN5O3. The molecule has 1 spiro atoms. The Labute approximate surface area is 172 Å². The molecule has 1 aromatic heterocycles. The van der Waals surface area contributed by atoms with Crippen LogP contribution in [-0.2, 0) is 0 Å². The number of halogens is 2. The highest BCUT2D eigenvalue weighted by atomic mass is 35.5. The van der Waals surface area contributed by atoms with E-state index < -0.39 is 17.1 Å². The zero-order valence-corrected chi connectivity index (χ0v) is 17.0. The average molecular weight is 426 g/mol. The molecule has 1 saturated heterocycles. The van der Waals surface area contributed by atoms with Gasteiger partial charge in [0, 0.05) is 19.1 Å². The van der Waals surface area contributed by atoms with Crippen LogP contribution in [0.3, 0.4) is 0 Å². The van der Waals surface area contributed by atoms with Gasteiger partial charge >= 0.3 is 5.69 Å². The summed E-state index contributed by atoms with van der Waals surface area (Å²) < 4.78 is 22.9. The predicted octanol–water partition coefficient (Wildman–Crippen LogP) is 0.956. The number of anilines is 1. The molecule has 3 aliphatic rings. The molecule has 2 heterocycles. The molecule has 158 valence electrons. The second-order valence-electron chi connectivity index (χ2n) is 8.37. The van der Waals surface area contributed by atoms with Crippen LogP contribution in [0.1, 0.15) is 31.7 Å². The lowest BCUT2D eigenvalue weighted by atomic mass is 9.93. The van der Waals surface area contributed by atoms with Gasteiger partial charge in [-0.3, -0.25) is 9.36 Å². The molecule has 1 unspecified atom stereocenters. The van der Waals surface area contributed by atoms with Gasteiger partial charge in [-0.25, -0.2) is 9.18 Å². The van der Waals surface area contributed by atoms with E-state index in [9.17, 15) is 9.59 Å². The first kappa shape index (κ1) is 20.0. The Kier molecular flexibility index (Phi) is 4.58. The lowest BCUT2D eigenvalue weighted by molar-refractivity contribution is 0.407. The summed E-state index contributed by atoms with van der Waals surface area (Å²) in [7, 11) is 1.44. The summed E-state index contributed by atoms with van der Waals surface area (Å²) in [6, 6.07) is 1.13. The minimum atomic E-state index is -0.722. The number of nitrogen functional groups attached to an aromatic ring is 1. The van der Waals surface area contributed by atoms with Crippen LogP contribution in [0, 0.1) is 17.2 Å². The van der Waals surface area contributed by atoms with Crippen LogP contribution in [0.2, 0.25) is 0 Å². The number of aromatic nitrogens is 2. The first-order chi connectivity index (χ1) is 13.4. The summed E-state index contributed by atoms with van der Waals surface area (Å²) in [5, 5.41) is 0.0582. The van der Waals surface area contributed by atoms with Crippen molar-refractivity contribution in [2.24, 2.45) is 17.1 Å². The van der Waals surface area contributed by atoms with E-state index in [0.29, 0.717) is 41.4 Å². The monoisotopic (exact) mass is 425 g/mol. The average Bonchev–Trinajstić information content (AvgIpc) is 3.59. The van der Waals surface area contributed by atoms with Gasteiger partial charge in [-0.15, -0.1) is 12.4 Å². The van der Waals surface area contributed by atoms with Crippen LogP contribution >= 0.6 is 12.4 Å². The highest BCUT2D eigenvalue weighted by Crippen LogP contribution is 2.57. The second-order valence-corrected chi connectivity index (χ2v) is 8.37. The number of nitrogens with two attached hydrogens (primary N) is 2. The molecule has 2 saturated carbocycles. The zero-order valence-electron chi connectivity index (χ0n) is 16.2. The van der Waals surface area contributed by atoms with E-state index in [1.165, 1.54) is 17.7 Å². The second kappa shape index (κ2) is 6.63. The quantitative estimate of drug-likeness (QED) is 0.706. The molecule has 1 aliphatic heterocycles. The van der Waals surface area contributed by atoms with E-state index in [0.717, 1.165) is 25.7 Å². The van der Waals surface area contributed by atoms with Crippen molar-refractivity contribution in [2.45, 2.75) is 31.7 Å². The smallest absolute Gasteiger partial charge is 0.350 e. The summed E-state index contributed by atoms with van der Waals surface area (Å²) in [4.78, 5) is 27.3. The molecule has 0 bridgehead atoms. The third kappa shape index (κ3) is 2.74. The van der Waals surface area contributed by atoms with Crippen molar-refractivity contribution < 1.29 is 9.13 Å². The number of hydrogen-bond donors (Lipinski definition) is 2. The van der Waals surface area contributed by atoms with Gasteiger partial charge in [-0.05, 0) is 49.6 Å². The van der Waals surface area contributed by atoms with Gasteiger partial charge in [0.2, 0.25) is 0 Å². The number of hydrogen-bond acceptors (Lipinski definition) is 6. The van der Waals surface area contributed by atoms with Gasteiger partial charge in [-0.2, -0.15) is 4.68 Å². The van der Waals surface area contributed by atoms with Crippen molar-refractivity contribution in [1.29, 1.82) is 0 Å². The third-order valence-corrected chi connectivity index (χ3v) is 6.71. The van der Waals surface area contributed by atoms with Gasteiger partial charge in [0.15, 0.2) is 11.6 Å². The zero-order chi connectivity index (χ0) is 19.8. The van der Waals surface area contributed by atoms with E-state index in [1.54, 1.807) is 0 Å². The van der Waals surface area contributed by atoms with Crippen molar-refractivity contribution >= 4 is 29.0 Å². The molecule has 0 amide bonds. The summed E-state index contributed by atoms with van der Waals surface area (Å²) in [6.45, 7) is 1.89. The lowest BCUT2D eigenvalue weighted by Gasteiger charge is -2.24. The highest BCUT2D eigenvalue weighted by Gasteiger charge is 2.55. The molecule has 1 aromatic carbocycles. The number of fused-ring (bicyclic) bond motifs is 1. The Hall–Kier alpha value is -2.26. The topological polar surface area (TPSA) is 109 Å². The number of benzene rings is 1. The van der Waals surface area contributed by atoms with E-state index in [1.807, 2.05) is 4.90 Å². The molecule has 1 atom stereocenters. The Balaban J connectivity index is 0.00000205. The number of nitrogens with zero attached hydrogens (tertiary/aromatic N) is 3. The Morgan fingerprint density at radius 2 is 2.00 bits per heavy atom. The maximum absolute atomic E-state index is 15.3. The van der Waals surface area contributed by atoms with Crippen LogP contribution in [-0.4, -0.2) is 36.0 Å². The first-order valence-electron chi connectivity index (χ1n) is 9.69. The van der Waals surface area contributed by atoms with Crippen molar-refractivity contribution in [3.05, 3.63) is 32.7 Å². The van der Waals surface area contributed by atoms with Crippen LogP contribution in [0.5, 0.6) is 5.75 Å². The summed E-state index contributed by atoms with van der Waals surface area (Å²) in [5.41, 5.74) is 5.43. The summed E-state index contributed by atoms with van der Waals surface area (Å²) in [5.74, 6) is 5.66. The van der Waals surface area contributed by atoms with Crippen molar-refractivity contribution in [3.8, 4) is 5.75 Å². The number of rotatable bonds is 4. The molecule has 29 heavy (non-hydrogen) atoms.